The molecular formula is C20H21ClN2O5S. The van der Waals surface area contributed by atoms with Gasteiger partial charge in [-0.2, -0.15) is 0 Å². The van der Waals surface area contributed by atoms with Gasteiger partial charge in [0.15, 0.2) is 0 Å². The van der Waals surface area contributed by atoms with Crippen LogP contribution in [0.2, 0.25) is 5.02 Å². The first kappa shape index (κ1) is 21.3. The number of halogens is 1. The molecule has 29 heavy (non-hydrogen) atoms. The second kappa shape index (κ2) is 8.92. The Hall–Kier alpha value is -2.45. The van der Waals surface area contributed by atoms with Crippen LogP contribution in [-0.4, -0.2) is 22.9 Å². The number of esters is 1. The lowest BCUT2D eigenvalue weighted by Crippen LogP contribution is -2.17. The van der Waals surface area contributed by atoms with Crippen LogP contribution < -0.4 is 5.32 Å². The zero-order valence-electron chi connectivity index (χ0n) is 16.1. The third-order valence-electron chi connectivity index (χ3n) is 4.60. The molecule has 7 nitrogen and oxygen atoms in total. The van der Waals surface area contributed by atoms with E-state index in [-0.39, 0.29) is 22.4 Å². The van der Waals surface area contributed by atoms with Crippen molar-refractivity contribution < 1.29 is 19.2 Å². The van der Waals surface area contributed by atoms with Crippen molar-refractivity contribution in [3.63, 3.8) is 0 Å². The smallest absolute Gasteiger partial charge is 0.341 e. The lowest BCUT2D eigenvalue weighted by atomic mass is 10.1. The second-order valence-electron chi connectivity index (χ2n) is 7.10. The van der Waals surface area contributed by atoms with Gasteiger partial charge in [0.25, 0.3) is 11.6 Å². The average Bonchev–Trinajstić information content (AvgIpc) is 2.81. The maximum Gasteiger partial charge on any atom is 0.341 e. The molecule has 0 atom stereocenters. The summed E-state index contributed by atoms with van der Waals surface area (Å²) in [7, 11) is 0. The zero-order valence-corrected chi connectivity index (χ0v) is 17.7. The van der Waals surface area contributed by atoms with Crippen molar-refractivity contribution in [3.05, 3.63) is 54.9 Å². The number of hydrogen-bond donors (Lipinski definition) is 1. The van der Waals surface area contributed by atoms with Gasteiger partial charge in [0.05, 0.1) is 27.2 Å². The number of nitrogens with zero attached hydrogens (tertiary/aromatic N) is 1. The van der Waals surface area contributed by atoms with E-state index in [0.717, 1.165) is 48.6 Å². The molecule has 0 saturated carbocycles. The molecule has 0 unspecified atom stereocenters. The van der Waals surface area contributed by atoms with E-state index >= 15 is 0 Å². The van der Waals surface area contributed by atoms with Crippen molar-refractivity contribution >= 4 is 45.5 Å². The number of anilines is 1. The summed E-state index contributed by atoms with van der Waals surface area (Å²) >= 11 is 7.46. The van der Waals surface area contributed by atoms with Crippen molar-refractivity contribution in [1.82, 2.24) is 0 Å². The summed E-state index contributed by atoms with van der Waals surface area (Å²) in [6, 6.07) is 3.66. The molecule has 1 aromatic heterocycles. The Morgan fingerprint density at radius 1 is 1.24 bits per heavy atom. The number of non-ortho nitro benzene ring substituents is 1. The normalized spacial score (nSPS) is 13.5. The fourth-order valence-electron chi connectivity index (χ4n) is 3.29. The molecule has 0 bridgehead atoms. The third-order valence-corrected chi connectivity index (χ3v) is 6.12. The van der Waals surface area contributed by atoms with E-state index in [2.05, 4.69) is 5.32 Å². The summed E-state index contributed by atoms with van der Waals surface area (Å²) in [4.78, 5) is 36.9. The maximum atomic E-state index is 12.8. The van der Waals surface area contributed by atoms with Crippen molar-refractivity contribution in [2.75, 3.05) is 5.32 Å². The van der Waals surface area contributed by atoms with Crippen LogP contribution in [0.5, 0.6) is 0 Å². The highest BCUT2D eigenvalue weighted by molar-refractivity contribution is 7.17. The van der Waals surface area contributed by atoms with Crippen LogP contribution in [0.3, 0.4) is 0 Å². The van der Waals surface area contributed by atoms with Gasteiger partial charge in [-0.05, 0) is 51.2 Å². The van der Waals surface area contributed by atoms with Gasteiger partial charge in [0.1, 0.15) is 5.00 Å². The van der Waals surface area contributed by atoms with E-state index in [1.54, 1.807) is 13.8 Å². The van der Waals surface area contributed by atoms with Crippen LogP contribution in [0.15, 0.2) is 18.2 Å². The summed E-state index contributed by atoms with van der Waals surface area (Å²) in [5.74, 6) is -0.982. The molecule has 0 fully saturated rings. The number of ether oxygens (including phenoxy) is 1. The van der Waals surface area contributed by atoms with Crippen LogP contribution >= 0.6 is 22.9 Å². The van der Waals surface area contributed by atoms with E-state index < -0.39 is 16.8 Å². The number of thiophene rings is 1. The van der Waals surface area contributed by atoms with Crippen LogP contribution in [0.4, 0.5) is 10.7 Å². The predicted molar refractivity (Wildman–Crippen MR) is 112 cm³/mol. The SMILES string of the molecule is CC(C)OC(=O)c1c(NC(=O)c2ccc([N+](=O)[O-])cc2Cl)sc2c1CCCCC2. The van der Waals surface area contributed by atoms with Gasteiger partial charge in [-0.25, -0.2) is 4.79 Å². The number of aryl methyl sites for hydroxylation is 1. The summed E-state index contributed by atoms with van der Waals surface area (Å²) in [5.41, 5.74) is 1.26. The highest BCUT2D eigenvalue weighted by atomic mass is 35.5. The van der Waals surface area contributed by atoms with Crippen molar-refractivity contribution in [1.29, 1.82) is 0 Å². The minimum absolute atomic E-state index is 0.0267. The number of amides is 1. The largest absolute Gasteiger partial charge is 0.459 e. The minimum atomic E-state index is -0.579. The second-order valence-corrected chi connectivity index (χ2v) is 8.61. The van der Waals surface area contributed by atoms with E-state index in [4.69, 9.17) is 16.3 Å². The van der Waals surface area contributed by atoms with Crippen LogP contribution in [0.1, 0.15) is 64.3 Å². The third kappa shape index (κ3) is 4.76. The molecule has 1 amide bonds. The molecule has 0 saturated heterocycles. The lowest BCUT2D eigenvalue weighted by Gasteiger charge is -2.12. The first-order valence-corrected chi connectivity index (χ1v) is 10.6. The standard InChI is InChI=1S/C20H21ClN2O5S/c1-11(2)28-20(25)17-14-6-4-3-5-7-16(14)29-19(17)22-18(24)13-9-8-12(23(26)27)10-15(13)21/h8-11H,3-7H2,1-2H3,(H,22,24). The molecule has 1 aliphatic carbocycles. The highest BCUT2D eigenvalue weighted by Gasteiger charge is 2.28. The Labute approximate surface area is 177 Å². The number of nitro groups is 1. The highest BCUT2D eigenvalue weighted by Crippen LogP contribution is 2.38. The molecule has 0 spiro atoms. The lowest BCUT2D eigenvalue weighted by molar-refractivity contribution is -0.384. The first-order valence-electron chi connectivity index (χ1n) is 9.38. The first-order chi connectivity index (χ1) is 13.8. The van der Waals surface area contributed by atoms with Crippen LogP contribution in [-0.2, 0) is 17.6 Å². The van der Waals surface area contributed by atoms with E-state index in [0.29, 0.717) is 10.6 Å². The Kier molecular flexibility index (Phi) is 6.54. The Bertz CT molecular complexity index is 970. The van der Waals surface area contributed by atoms with Gasteiger partial charge in [0.2, 0.25) is 0 Å². The van der Waals surface area contributed by atoms with Crippen molar-refractivity contribution in [3.8, 4) is 0 Å². The Morgan fingerprint density at radius 2 is 1.97 bits per heavy atom. The van der Waals surface area contributed by atoms with E-state index in [9.17, 15) is 19.7 Å². The molecule has 3 rings (SSSR count). The van der Waals surface area contributed by atoms with Crippen LogP contribution in [0.25, 0.3) is 0 Å². The average molecular weight is 437 g/mol. The predicted octanol–water partition coefficient (Wildman–Crippen LogP) is 5.40. The molecule has 0 radical (unpaired) electrons. The van der Waals surface area contributed by atoms with Gasteiger partial charge in [-0.3, -0.25) is 14.9 Å². The summed E-state index contributed by atoms with van der Waals surface area (Å²) in [5, 5.41) is 14.0. The van der Waals surface area contributed by atoms with Gasteiger partial charge in [-0.15, -0.1) is 11.3 Å². The molecule has 2 aromatic rings. The number of rotatable bonds is 5. The molecule has 1 aromatic carbocycles. The summed E-state index contributed by atoms with van der Waals surface area (Å²) in [6.07, 6.45) is 4.45. The van der Waals surface area contributed by atoms with Crippen molar-refractivity contribution in [2.24, 2.45) is 0 Å². The van der Waals surface area contributed by atoms with Crippen LogP contribution in [0, 0.1) is 10.1 Å². The fraction of sp³-hybridized carbons (Fsp3) is 0.400. The van der Waals surface area contributed by atoms with E-state index in [1.165, 1.54) is 23.5 Å². The Balaban J connectivity index is 1.95. The monoisotopic (exact) mass is 436 g/mol. The van der Waals surface area contributed by atoms with Crippen molar-refractivity contribution in [2.45, 2.75) is 52.1 Å². The number of benzene rings is 1. The molecule has 0 aliphatic heterocycles. The number of fused-ring (bicyclic) bond motifs is 1. The fourth-order valence-corrected chi connectivity index (χ4v) is 4.82. The molecule has 1 aliphatic rings. The van der Waals surface area contributed by atoms with Gasteiger partial charge in [-0.1, -0.05) is 18.0 Å². The van der Waals surface area contributed by atoms with Gasteiger partial charge >= 0.3 is 5.97 Å². The molecule has 154 valence electrons. The molecule has 9 heteroatoms. The molecule has 1 N–H and O–H groups in total. The quantitative estimate of drug-likeness (QED) is 0.293. The number of hydrogen-bond acceptors (Lipinski definition) is 6. The summed E-state index contributed by atoms with van der Waals surface area (Å²) in [6.45, 7) is 3.55. The molecular weight excluding hydrogens is 416 g/mol. The number of nitrogens with one attached hydrogen (secondary N) is 1. The topological polar surface area (TPSA) is 98.5 Å². The minimum Gasteiger partial charge on any atom is -0.459 e. The van der Waals surface area contributed by atoms with E-state index in [1.807, 2.05) is 0 Å². The number of nitro benzene ring substituents is 1. The zero-order chi connectivity index (χ0) is 21.1. The van der Waals surface area contributed by atoms with Gasteiger partial charge < -0.3 is 10.1 Å². The van der Waals surface area contributed by atoms with Gasteiger partial charge in [0, 0.05) is 17.0 Å². The maximum absolute atomic E-state index is 12.8. The Morgan fingerprint density at radius 3 is 2.62 bits per heavy atom. The number of carbonyl (C=O) groups is 2. The summed E-state index contributed by atoms with van der Waals surface area (Å²) < 4.78 is 5.41. The molecule has 1 heterocycles. The number of carbonyl (C=O) groups excluding carboxylic acids is 2.